The van der Waals surface area contributed by atoms with Gasteiger partial charge < -0.3 is 24.6 Å². The fourth-order valence-electron chi connectivity index (χ4n) is 4.98. The van der Waals surface area contributed by atoms with E-state index >= 15 is 0 Å². The molecule has 170 valence electrons. The van der Waals surface area contributed by atoms with E-state index in [-0.39, 0.29) is 18.0 Å². The first-order chi connectivity index (χ1) is 15.2. The van der Waals surface area contributed by atoms with Gasteiger partial charge >= 0.3 is 6.03 Å². The molecular formula is C23H34N4O4. The molecule has 3 fully saturated rings. The van der Waals surface area contributed by atoms with Crippen LogP contribution in [-0.4, -0.2) is 92.3 Å². The van der Waals surface area contributed by atoms with Crippen LogP contribution in [0.3, 0.4) is 0 Å². The van der Waals surface area contributed by atoms with E-state index in [4.69, 9.17) is 9.47 Å². The van der Waals surface area contributed by atoms with Crippen molar-refractivity contribution in [1.29, 1.82) is 0 Å². The van der Waals surface area contributed by atoms with Crippen LogP contribution in [0.4, 0.5) is 10.5 Å². The zero-order chi connectivity index (χ0) is 21.6. The fraction of sp³-hybridized carbons (Fsp3) is 0.652. The fourth-order valence-corrected chi connectivity index (χ4v) is 4.98. The summed E-state index contributed by atoms with van der Waals surface area (Å²) in [6.07, 6.45) is 4.67. The number of amides is 3. The Labute approximate surface area is 184 Å². The van der Waals surface area contributed by atoms with Gasteiger partial charge in [0.1, 0.15) is 5.75 Å². The van der Waals surface area contributed by atoms with Crippen molar-refractivity contribution in [2.24, 2.45) is 5.92 Å². The number of carbonyl (C=O) groups is 2. The third-order valence-corrected chi connectivity index (χ3v) is 6.76. The van der Waals surface area contributed by atoms with Crippen molar-refractivity contribution in [3.63, 3.8) is 0 Å². The Hall–Kier alpha value is -2.32. The number of benzene rings is 1. The van der Waals surface area contributed by atoms with E-state index in [9.17, 15) is 9.59 Å². The van der Waals surface area contributed by atoms with Crippen LogP contribution in [0.15, 0.2) is 24.3 Å². The highest BCUT2D eigenvalue weighted by molar-refractivity contribution is 5.89. The van der Waals surface area contributed by atoms with Gasteiger partial charge in [-0.3, -0.25) is 9.69 Å². The SMILES string of the molecule is COc1ccc(NC(=O)N2CCN([C@H](C(=O)N3CCOCC3)C3CCCC3)CC2)cc1. The normalized spacial score (nSPS) is 21.7. The van der Waals surface area contributed by atoms with E-state index in [1.165, 1.54) is 12.8 Å². The minimum atomic E-state index is -0.0956. The number of hydrogen-bond acceptors (Lipinski definition) is 5. The molecule has 31 heavy (non-hydrogen) atoms. The lowest BCUT2D eigenvalue weighted by Gasteiger charge is -2.42. The molecule has 2 saturated heterocycles. The summed E-state index contributed by atoms with van der Waals surface area (Å²) in [4.78, 5) is 32.3. The predicted molar refractivity (Wildman–Crippen MR) is 118 cm³/mol. The first-order valence-electron chi connectivity index (χ1n) is 11.5. The van der Waals surface area contributed by atoms with Gasteiger partial charge in [-0.05, 0) is 43.0 Å². The quantitative estimate of drug-likeness (QED) is 0.776. The number of methoxy groups -OCH3 is 1. The minimum absolute atomic E-state index is 0.0626. The second kappa shape index (κ2) is 10.3. The van der Waals surface area contributed by atoms with Crippen LogP contribution >= 0.6 is 0 Å². The Morgan fingerprint density at radius 1 is 0.968 bits per heavy atom. The van der Waals surface area contributed by atoms with Crippen LogP contribution in [0.25, 0.3) is 0 Å². The Kier molecular flexibility index (Phi) is 7.29. The predicted octanol–water partition coefficient (Wildman–Crippen LogP) is 2.26. The van der Waals surface area contributed by atoms with Crippen LogP contribution in [0.1, 0.15) is 25.7 Å². The lowest BCUT2D eigenvalue weighted by molar-refractivity contribution is -0.144. The van der Waals surface area contributed by atoms with Crippen molar-refractivity contribution in [2.45, 2.75) is 31.7 Å². The molecule has 3 amide bonds. The average molecular weight is 431 g/mol. The van der Waals surface area contributed by atoms with Gasteiger partial charge in [-0.2, -0.15) is 0 Å². The van der Waals surface area contributed by atoms with Crippen molar-refractivity contribution in [1.82, 2.24) is 14.7 Å². The molecule has 2 aliphatic heterocycles. The lowest BCUT2D eigenvalue weighted by atomic mass is 9.94. The van der Waals surface area contributed by atoms with Crippen LogP contribution in [0, 0.1) is 5.92 Å². The molecule has 8 heteroatoms. The Bertz CT molecular complexity index is 736. The topological polar surface area (TPSA) is 74.4 Å². The monoisotopic (exact) mass is 430 g/mol. The molecule has 2 heterocycles. The molecule has 1 saturated carbocycles. The van der Waals surface area contributed by atoms with E-state index in [0.29, 0.717) is 45.3 Å². The summed E-state index contributed by atoms with van der Waals surface area (Å²) in [5, 5.41) is 2.96. The number of anilines is 1. The van der Waals surface area contributed by atoms with Gasteiger partial charge in [0, 0.05) is 45.0 Å². The number of piperazine rings is 1. The molecular weight excluding hydrogens is 396 g/mol. The first-order valence-corrected chi connectivity index (χ1v) is 11.5. The smallest absolute Gasteiger partial charge is 0.321 e. The highest BCUT2D eigenvalue weighted by atomic mass is 16.5. The van der Waals surface area contributed by atoms with Crippen molar-refractivity contribution in [3.8, 4) is 5.75 Å². The standard InChI is InChI=1S/C23H34N4O4/c1-30-20-8-6-19(7-9-20)24-23(29)27-12-10-25(11-13-27)21(18-4-2-3-5-18)22(28)26-14-16-31-17-15-26/h6-9,18,21H,2-5,10-17H2,1H3,(H,24,29)/t21-/m0/s1. The number of urea groups is 1. The highest BCUT2D eigenvalue weighted by Crippen LogP contribution is 2.32. The second-order valence-electron chi connectivity index (χ2n) is 8.61. The van der Waals surface area contributed by atoms with Gasteiger partial charge in [-0.1, -0.05) is 12.8 Å². The van der Waals surface area contributed by atoms with E-state index in [2.05, 4.69) is 10.2 Å². The van der Waals surface area contributed by atoms with Gasteiger partial charge in [-0.25, -0.2) is 4.79 Å². The maximum Gasteiger partial charge on any atom is 0.321 e. The Morgan fingerprint density at radius 3 is 2.23 bits per heavy atom. The Morgan fingerprint density at radius 2 is 1.61 bits per heavy atom. The lowest BCUT2D eigenvalue weighted by Crippen LogP contribution is -2.59. The second-order valence-corrected chi connectivity index (χ2v) is 8.61. The maximum absolute atomic E-state index is 13.4. The van der Waals surface area contributed by atoms with Crippen LogP contribution in [0.2, 0.25) is 0 Å². The zero-order valence-electron chi connectivity index (χ0n) is 18.4. The Balaban J connectivity index is 1.35. The molecule has 1 aromatic rings. The average Bonchev–Trinajstić information content (AvgIpc) is 3.35. The molecule has 8 nitrogen and oxygen atoms in total. The summed E-state index contributed by atoms with van der Waals surface area (Å²) in [5.41, 5.74) is 0.750. The number of ether oxygens (including phenoxy) is 2. The third kappa shape index (κ3) is 5.30. The van der Waals surface area contributed by atoms with Crippen molar-refractivity contribution in [2.75, 3.05) is 64.9 Å². The molecule has 1 aliphatic carbocycles. The van der Waals surface area contributed by atoms with Crippen LogP contribution in [-0.2, 0) is 9.53 Å². The largest absolute Gasteiger partial charge is 0.497 e. The van der Waals surface area contributed by atoms with Crippen LogP contribution in [0.5, 0.6) is 5.75 Å². The number of nitrogens with one attached hydrogen (secondary N) is 1. The van der Waals surface area contributed by atoms with E-state index < -0.39 is 0 Å². The van der Waals surface area contributed by atoms with E-state index in [1.807, 2.05) is 34.1 Å². The molecule has 0 spiro atoms. The molecule has 0 unspecified atom stereocenters. The van der Waals surface area contributed by atoms with Gasteiger partial charge in [0.25, 0.3) is 0 Å². The number of morpholine rings is 1. The number of rotatable bonds is 5. The molecule has 0 bridgehead atoms. The molecule has 1 atom stereocenters. The molecule has 1 N–H and O–H groups in total. The number of carbonyl (C=O) groups excluding carboxylic acids is 2. The molecule has 3 aliphatic rings. The third-order valence-electron chi connectivity index (χ3n) is 6.76. The van der Waals surface area contributed by atoms with E-state index in [0.717, 1.165) is 37.4 Å². The summed E-state index contributed by atoms with van der Waals surface area (Å²) in [6.45, 7) is 5.34. The summed E-state index contributed by atoms with van der Waals surface area (Å²) in [5.74, 6) is 1.44. The molecule has 0 aromatic heterocycles. The zero-order valence-corrected chi connectivity index (χ0v) is 18.4. The van der Waals surface area contributed by atoms with Gasteiger partial charge in [-0.15, -0.1) is 0 Å². The van der Waals surface area contributed by atoms with Crippen molar-refractivity contribution < 1.29 is 19.1 Å². The molecule has 1 aromatic carbocycles. The summed E-state index contributed by atoms with van der Waals surface area (Å²) in [7, 11) is 1.62. The number of nitrogens with zero attached hydrogens (tertiary/aromatic N) is 3. The van der Waals surface area contributed by atoms with Crippen molar-refractivity contribution in [3.05, 3.63) is 24.3 Å². The summed E-state index contributed by atoms with van der Waals surface area (Å²) >= 11 is 0. The maximum atomic E-state index is 13.4. The van der Waals surface area contributed by atoms with E-state index in [1.54, 1.807) is 7.11 Å². The van der Waals surface area contributed by atoms with Crippen LogP contribution < -0.4 is 10.1 Å². The summed E-state index contributed by atoms with van der Waals surface area (Å²) in [6, 6.07) is 7.18. The highest BCUT2D eigenvalue weighted by Gasteiger charge is 2.39. The van der Waals surface area contributed by atoms with Gasteiger partial charge in [0.15, 0.2) is 0 Å². The minimum Gasteiger partial charge on any atom is -0.497 e. The van der Waals surface area contributed by atoms with Gasteiger partial charge in [0.2, 0.25) is 5.91 Å². The first kappa shape index (κ1) is 21.9. The van der Waals surface area contributed by atoms with Crippen molar-refractivity contribution >= 4 is 17.6 Å². The summed E-state index contributed by atoms with van der Waals surface area (Å²) < 4.78 is 10.6. The number of hydrogen-bond donors (Lipinski definition) is 1. The molecule has 0 radical (unpaired) electrons. The molecule has 4 rings (SSSR count). The van der Waals surface area contributed by atoms with Gasteiger partial charge in [0.05, 0.1) is 26.4 Å².